The third-order valence-corrected chi connectivity index (χ3v) is 4.48. The summed E-state index contributed by atoms with van der Waals surface area (Å²) in [6.45, 7) is 6.90. The molecule has 1 aromatic carbocycles. The molecule has 2 rings (SSSR count). The highest BCUT2D eigenvalue weighted by molar-refractivity contribution is 5.35. The van der Waals surface area contributed by atoms with Gasteiger partial charge in [-0.15, -0.1) is 0 Å². The van der Waals surface area contributed by atoms with E-state index < -0.39 is 0 Å². The number of ether oxygens (including phenoxy) is 1. The molecule has 0 heterocycles. The van der Waals surface area contributed by atoms with E-state index in [1.807, 2.05) is 6.07 Å². The van der Waals surface area contributed by atoms with E-state index >= 15 is 0 Å². The Labute approximate surface area is 117 Å². The average Bonchev–Trinajstić information content (AvgIpc) is 2.37. The van der Waals surface area contributed by atoms with Gasteiger partial charge in [0.2, 0.25) is 0 Å². The molecule has 1 fully saturated rings. The smallest absolute Gasteiger partial charge is 0.123 e. The average molecular weight is 261 g/mol. The summed E-state index contributed by atoms with van der Waals surface area (Å²) in [4.78, 5) is 0. The fraction of sp³-hybridized carbons (Fsp3) is 0.647. The van der Waals surface area contributed by atoms with Crippen LogP contribution in [0.4, 0.5) is 0 Å². The van der Waals surface area contributed by atoms with Gasteiger partial charge in [0.15, 0.2) is 0 Å². The highest BCUT2D eigenvalue weighted by Gasteiger charge is 2.32. The molecule has 2 heteroatoms. The molecule has 1 aliphatic carbocycles. The van der Waals surface area contributed by atoms with E-state index in [-0.39, 0.29) is 0 Å². The monoisotopic (exact) mass is 261 g/mol. The van der Waals surface area contributed by atoms with Crippen LogP contribution in [0, 0.1) is 11.8 Å². The summed E-state index contributed by atoms with van der Waals surface area (Å²) in [5, 5.41) is 3.80. The quantitative estimate of drug-likeness (QED) is 0.830. The minimum absolute atomic E-state index is 0.411. The van der Waals surface area contributed by atoms with Crippen molar-refractivity contribution in [3.05, 3.63) is 29.8 Å². The molecule has 1 saturated carbocycles. The fourth-order valence-electron chi connectivity index (χ4n) is 3.01. The molecule has 0 aliphatic heterocycles. The van der Waals surface area contributed by atoms with Crippen LogP contribution < -0.4 is 10.1 Å². The lowest BCUT2D eigenvalue weighted by Crippen LogP contribution is -2.44. The lowest BCUT2D eigenvalue weighted by atomic mass is 9.73. The van der Waals surface area contributed by atoms with Gasteiger partial charge < -0.3 is 10.1 Å². The first kappa shape index (κ1) is 14.4. The Morgan fingerprint density at radius 2 is 1.95 bits per heavy atom. The molecule has 1 aromatic rings. The van der Waals surface area contributed by atoms with Crippen molar-refractivity contribution in [3.8, 4) is 5.75 Å². The van der Waals surface area contributed by atoms with Crippen molar-refractivity contribution in [2.45, 2.75) is 52.1 Å². The molecule has 1 atom stereocenters. The Balaban J connectivity index is 1.97. The zero-order valence-electron chi connectivity index (χ0n) is 12.6. The third-order valence-electron chi connectivity index (χ3n) is 4.48. The van der Waals surface area contributed by atoms with E-state index in [4.69, 9.17) is 4.74 Å². The minimum Gasteiger partial charge on any atom is -0.496 e. The van der Waals surface area contributed by atoms with Crippen molar-refractivity contribution in [1.82, 2.24) is 5.32 Å². The molecule has 0 spiro atoms. The van der Waals surface area contributed by atoms with Gasteiger partial charge in [-0.05, 0) is 37.2 Å². The number of benzene rings is 1. The molecule has 1 unspecified atom stereocenters. The molecule has 106 valence electrons. The second-order valence-corrected chi connectivity index (χ2v) is 6.04. The number of methoxy groups -OCH3 is 1. The van der Waals surface area contributed by atoms with Crippen molar-refractivity contribution in [2.24, 2.45) is 11.8 Å². The summed E-state index contributed by atoms with van der Waals surface area (Å²) >= 11 is 0. The van der Waals surface area contributed by atoms with Crippen LogP contribution in [0.2, 0.25) is 0 Å². The summed E-state index contributed by atoms with van der Waals surface area (Å²) < 4.78 is 5.48. The second kappa shape index (κ2) is 6.42. The maximum absolute atomic E-state index is 5.48. The van der Waals surface area contributed by atoms with Gasteiger partial charge >= 0.3 is 0 Å². The van der Waals surface area contributed by atoms with Crippen LogP contribution in [0.1, 0.15) is 51.6 Å². The van der Waals surface area contributed by atoms with E-state index in [0.29, 0.717) is 12.1 Å². The zero-order valence-corrected chi connectivity index (χ0v) is 12.6. The molecule has 0 aromatic heterocycles. The van der Waals surface area contributed by atoms with E-state index in [2.05, 4.69) is 44.3 Å². The molecular weight excluding hydrogens is 234 g/mol. The number of hydrogen-bond donors (Lipinski definition) is 1. The van der Waals surface area contributed by atoms with E-state index in [1.54, 1.807) is 7.11 Å². The van der Waals surface area contributed by atoms with E-state index in [0.717, 1.165) is 24.0 Å². The highest BCUT2D eigenvalue weighted by atomic mass is 16.5. The van der Waals surface area contributed by atoms with Crippen molar-refractivity contribution in [2.75, 3.05) is 7.11 Å². The van der Waals surface area contributed by atoms with Crippen LogP contribution in [0.3, 0.4) is 0 Å². The van der Waals surface area contributed by atoms with Crippen molar-refractivity contribution < 1.29 is 4.74 Å². The maximum atomic E-state index is 5.48. The predicted octanol–water partition coefficient (Wildman–Crippen LogP) is 4.17. The van der Waals surface area contributed by atoms with Gasteiger partial charge in [0.1, 0.15) is 5.75 Å². The molecule has 1 aliphatic rings. The topological polar surface area (TPSA) is 21.3 Å². The SMILES string of the molecule is CCC(NC1CC(C(C)C)C1)c1ccccc1OC. The van der Waals surface area contributed by atoms with Gasteiger partial charge in [0.05, 0.1) is 7.11 Å². The van der Waals surface area contributed by atoms with Crippen LogP contribution in [-0.2, 0) is 0 Å². The molecule has 1 N–H and O–H groups in total. The van der Waals surface area contributed by atoms with Gasteiger partial charge in [0, 0.05) is 17.6 Å². The largest absolute Gasteiger partial charge is 0.496 e. The van der Waals surface area contributed by atoms with Gasteiger partial charge in [0.25, 0.3) is 0 Å². The molecule has 0 saturated heterocycles. The summed E-state index contributed by atoms with van der Waals surface area (Å²) in [7, 11) is 1.75. The first-order valence-corrected chi connectivity index (χ1v) is 7.54. The summed E-state index contributed by atoms with van der Waals surface area (Å²) in [5.74, 6) is 2.73. The molecule has 0 bridgehead atoms. The first-order valence-electron chi connectivity index (χ1n) is 7.54. The summed E-state index contributed by atoms with van der Waals surface area (Å²) in [6.07, 6.45) is 3.75. The van der Waals surface area contributed by atoms with Crippen LogP contribution in [0.15, 0.2) is 24.3 Å². The van der Waals surface area contributed by atoms with Crippen molar-refractivity contribution in [3.63, 3.8) is 0 Å². The Morgan fingerprint density at radius 3 is 2.53 bits per heavy atom. The third kappa shape index (κ3) is 3.30. The van der Waals surface area contributed by atoms with E-state index in [1.165, 1.54) is 18.4 Å². The molecular formula is C17H27NO. The van der Waals surface area contributed by atoms with Gasteiger partial charge in [-0.25, -0.2) is 0 Å². The summed E-state index contributed by atoms with van der Waals surface area (Å²) in [5.41, 5.74) is 1.29. The van der Waals surface area contributed by atoms with Crippen LogP contribution >= 0.6 is 0 Å². The lowest BCUT2D eigenvalue weighted by Gasteiger charge is -2.40. The molecule has 0 amide bonds. The number of para-hydroxylation sites is 1. The number of rotatable bonds is 6. The zero-order chi connectivity index (χ0) is 13.8. The Hall–Kier alpha value is -1.02. The predicted molar refractivity (Wildman–Crippen MR) is 80.5 cm³/mol. The Morgan fingerprint density at radius 1 is 1.26 bits per heavy atom. The van der Waals surface area contributed by atoms with Gasteiger partial charge in [-0.1, -0.05) is 39.0 Å². The molecule has 0 radical (unpaired) electrons. The van der Waals surface area contributed by atoms with Gasteiger partial charge in [-0.3, -0.25) is 0 Å². The Kier molecular flexibility index (Phi) is 4.87. The normalized spacial score (nSPS) is 24.1. The fourth-order valence-corrected chi connectivity index (χ4v) is 3.01. The standard InChI is InChI=1S/C17H27NO/c1-5-16(15-8-6-7-9-17(15)19-4)18-14-10-13(11-14)12(2)3/h6-9,12-14,16,18H,5,10-11H2,1-4H3. The van der Waals surface area contributed by atoms with Crippen LogP contribution in [0.5, 0.6) is 5.75 Å². The van der Waals surface area contributed by atoms with Crippen LogP contribution in [0.25, 0.3) is 0 Å². The second-order valence-electron chi connectivity index (χ2n) is 6.04. The first-order chi connectivity index (χ1) is 9.15. The Bertz CT molecular complexity index is 396. The van der Waals surface area contributed by atoms with Crippen molar-refractivity contribution in [1.29, 1.82) is 0 Å². The van der Waals surface area contributed by atoms with Gasteiger partial charge in [-0.2, -0.15) is 0 Å². The summed E-state index contributed by atoms with van der Waals surface area (Å²) in [6, 6.07) is 9.46. The lowest BCUT2D eigenvalue weighted by molar-refractivity contribution is 0.155. The minimum atomic E-state index is 0.411. The molecule has 19 heavy (non-hydrogen) atoms. The number of hydrogen-bond acceptors (Lipinski definition) is 2. The van der Waals surface area contributed by atoms with Crippen molar-refractivity contribution >= 4 is 0 Å². The van der Waals surface area contributed by atoms with E-state index in [9.17, 15) is 0 Å². The highest BCUT2D eigenvalue weighted by Crippen LogP contribution is 2.36. The maximum Gasteiger partial charge on any atom is 0.123 e. The van der Waals surface area contributed by atoms with Crippen LogP contribution in [-0.4, -0.2) is 13.2 Å². The number of nitrogens with one attached hydrogen (secondary N) is 1. The molecule has 2 nitrogen and oxygen atoms in total.